The maximum absolute atomic E-state index is 12.2. The Balaban J connectivity index is 2.51. The SMILES string of the molecule is CC(C)(Cn1ccc2ccccc2c1=O)C(=O)O. The summed E-state index contributed by atoms with van der Waals surface area (Å²) >= 11 is 0. The third-order valence-corrected chi connectivity index (χ3v) is 3.03. The van der Waals surface area contributed by atoms with E-state index in [4.69, 9.17) is 5.11 Å². The van der Waals surface area contributed by atoms with E-state index in [2.05, 4.69) is 0 Å². The summed E-state index contributed by atoms with van der Waals surface area (Å²) in [5.74, 6) is -0.914. The lowest BCUT2D eigenvalue weighted by atomic mass is 9.93. The molecule has 1 N–H and O–H groups in total. The van der Waals surface area contributed by atoms with E-state index in [1.54, 1.807) is 32.2 Å². The van der Waals surface area contributed by atoms with Crippen LogP contribution >= 0.6 is 0 Å². The fourth-order valence-electron chi connectivity index (χ4n) is 1.85. The van der Waals surface area contributed by atoms with Gasteiger partial charge < -0.3 is 9.67 Å². The third kappa shape index (κ3) is 2.14. The van der Waals surface area contributed by atoms with Gasteiger partial charge in [0.25, 0.3) is 5.56 Å². The zero-order valence-electron chi connectivity index (χ0n) is 10.4. The van der Waals surface area contributed by atoms with Crippen LogP contribution in [0.5, 0.6) is 0 Å². The molecule has 0 aliphatic rings. The molecule has 0 unspecified atom stereocenters. The van der Waals surface area contributed by atoms with E-state index in [0.29, 0.717) is 5.39 Å². The fraction of sp³-hybridized carbons (Fsp3) is 0.286. The van der Waals surface area contributed by atoms with E-state index in [1.165, 1.54) is 4.57 Å². The molecule has 0 saturated heterocycles. The van der Waals surface area contributed by atoms with Gasteiger partial charge in [-0.2, -0.15) is 0 Å². The van der Waals surface area contributed by atoms with Crippen LogP contribution in [0.3, 0.4) is 0 Å². The van der Waals surface area contributed by atoms with Crippen molar-refractivity contribution < 1.29 is 9.90 Å². The molecule has 0 fully saturated rings. The molecule has 1 aromatic carbocycles. The minimum Gasteiger partial charge on any atom is -0.481 e. The van der Waals surface area contributed by atoms with Crippen molar-refractivity contribution in [2.75, 3.05) is 0 Å². The number of carboxylic acid groups (broad SMARTS) is 1. The van der Waals surface area contributed by atoms with Gasteiger partial charge in [0, 0.05) is 18.1 Å². The third-order valence-electron chi connectivity index (χ3n) is 3.03. The van der Waals surface area contributed by atoms with Gasteiger partial charge in [-0.05, 0) is 31.4 Å². The molecule has 2 aromatic rings. The molecule has 1 aromatic heterocycles. The highest BCUT2D eigenvalue weighted by atomic mass is 16.4. The van der Waals surface area contributed by atoms with Crippen molar-refractivity contribution >= 4 is 16.7 Å². The van der Waals surface area contributed by atoms with Crippen molar-refractivity contribution in [1.29, 1.82) is 0 Å². The zero-order chi connectivity index (χ0) is 13.3. The Morgan fingerprint density at radius 2 is 1.94 bits per heavy atom. The van der Waals surface area contributed by atoms with Crippen LogP contribution in [-0.4, -0.2) is 15.6 Å². The largest absolute Gasteiger partial charge is 0.481 e. The Kier molecular flexibility index (Phi) is 2.95. The Bertz CT molecular complexity index is 655. The second-order valence-corrected chi connectivity index (χ2v) is 5.03. The van der Waals surface area contributed by atoms with Gasteiger partial charge in [-0.3, -0.25) is 9.59 Å². The number of carbonyl (C=O) groups is 1. The molecule has 0 aliphatic carbocycles. The number of rotatable bonds is 3. The molecule has 0 aliphatic heterocycles. The summed E-state index contributed by atoms with van der Waals surface area (Å²) in [6.07, 6.45) is 1.65. The number of benzene rings is 1. The Labute approximate surface area is 104 Å². The van der Waals surface area contributed by atoms with E-state index >= 15 is 0 Å². The number of pyridine rings is 1. The van der Waals surface area contributed by atoms with Crippen molar-refractivity contribution in [2.24, 2.45) is 5.41 Å². The number of aromatic nitrogens is 1. The topological polar surface area (TPSA) is 59.3 Å². The van der Waals surface area contributed by atoms with Crippen LogP contribution in [0.15, 0.2) is 41.3 Å². The summed E-state index contributed by atoms with van der Waals surface area (Å²) in [6.45, 7) is 3.37. The second-order valence-electron chi connectivity index (χ2n) is 5.03. The molecule has 0 spiro atoms. The van der Waals surface area contributed by atoms with Gasteiger partial charge >= 0.3 is 5.97 Å². The molecule has 0 saturated carbocycles. The van der Waals surface area contributed by atoms with Crippen LogP contribution in [-0.2, 0) is 11.3 Å². The number of nitrogens with zero attached hydrogens (tertiary/aromatic N) is 1. The Morgan fingerprint density at radius 1 is 1.28 bits per heavy atom. The molecule has 18 heavy (non-hydrogen) atoms. The maximum Gasteiger partial charge on any atom is 0.310 e. The summed E-state index contributed by atoms with van der Waals surface area (Å²) in [5, 5.41) is 10.6. The van der Waals surface area contributed by atoms with Crippen LogP contribution in [0.25, 0.3) is 10.8 Å². The van der Waals surface area contributed by atoms with E-state index < -0.39 is 11.4 Å². The van der Waals surface area contributed by atoms with Gasteiger partial charge in [-0.25, -0.2) is 0 Å². The molecule has 4 nitrogen and oxygen atoms in total. The smallest absolute Gasteiger partial charge is 0.310 e. The maximum atomic E-state index is 12.2. The van der Waals surface area contributed by atoms with E-state index in [0.717, 1.165) is 5.39 Å². The van der Waals surface area contributed by atoms with Crippen molar-refractivity contribution in [2.45, 2.75) is 20.4 Å². The number of aliphatic carboxylic acids is 1. The molecule has 94 valence electrons. The van der Waals surface area contributed by atoms with Crippen molar-refractivity contribution in [3.05, 3.63) is 46.9 Å². The van der Waals surface area contributed by atoms with Gasteiger partial charge in [-0.1, -0.05) is 18.2 Å². The van der Waals surface area contributed by atoms with Crippen molar-refractivity contribution in [1.82, 2.24) is 4.57 Å². The van der Waals surface area contributed by atoms with Gasteiger partial charge in [0.15, 0.2) is 0 Å². The fourth-order valence-corrected chi connectivity index (χ4v) is 1.85. The minimum atomic E-state index is -0.966. The molecule has 0 bridgehead atoms. The standard InChI is InChI=1S/C14H15NO3/c1-14(2,13(17)18)9-15-8-7-10-5-3-4-6-11(10)12(15)16/h3-8H,9H2,1-2H3,(H,17,18). The zero-order valence-corrected chi connectivity index (χ0v) is 10.4. The molecule has 0 radical (unpaired) electrons. The normalized spacial score (nSPS) is 11.7. The van der Waals surface area contributed by atoms with Gasteiger partial charge in [-0.15, -0.1) is 0 Å². The first-order valence-electron chi connectivity index (χ1n) is 5.73. The van der Waals surface area contributed by atoms with Crippen LogP contribution in [0, 0.1) is 5.41 Å². The van der Waals surface area contributed by atoms with Gasteiger partial charge in [0.1, 0.15) is 0 Å². The summed E-state index contributed by atoms with van der Waals surface area (Å²) in [6, 6.07) is 9.11. The lowest BCUT2D eigenvalue weighted by molar-refractivity contribution is -0.147. The van der Waals surface area contributed by atoms with Crippen molar-refractivity contribution in [3.63, 3.8) is 0 Å². The first kappa shape index (κ1) is 12.4. The Hall–Kier alpha value is -2.10. The molecule has 0 atom stereocenters. The quantitative estimate of drug-likeness (QED) is 0.901. The summed E-state index contributed by atoms with van der Waals surface area (Å²) in [5.41, 5.74) is -1.12. The van der Waals surface area contributed by atoms with Crippen LogP contribution in [0.4, 0.5) is 0 Å². The molecule has 0 amide bonds. The highest BCUT2D eigenvalue weighted by molar-refractivity contribution is 5.81. The highest BCUT2D eigenvalue weighted by Gasteiger charge is 2.28. The second kappa shape index (κ2) is 4.29. The van der Waals surface area contributed by atoms with E-state index in [1.807, 2.05) is 18.2 Å². The molecular formula is C14H15NO3. The first-order chi connectivity index (χ1) is 8.42. The first-order valence-corrected chi connectivity index (χ1v) is 5.73. The number of carboxylic acids is 1. The summed E-state index contributed by atoms with van der Waals surface area (Å²) in [7, 11) is 0. The lowest BCUT2D eigenvalue weighted by Crippen LogP contribution is -2.33. The lowest BCUT2D eigenvalue weighted by Gasteiger charge is -2.20. The molecule has 4 heteroatoms. The van der Waals surface area contributed by atoms with Gasteiger partial charge in [0.2, 0.25) is 0 Å². The number of hydrogen-bond acceptors (Lipinski definition) is 2. The molecule has 1 heterocycles. The van der Waals surface area contributed by atoms with Gasteiger partial charge in [0.05, 0.1) is 5.41 Å². The van der Waals surface area contributed by atoms with E-state index in [9.17, 15) is 9.59 Å². The summed E-state index contributed by atoms with van der Waals surface area (Å²) in [4.78, 5) is 23.3. The number of fused-ring (bicyclic) bond motifs is 1. The average Bonchev–Trinajstić information content (AvgIpc) is 2.33. The molecule has 2 rings (SSSR count). The van der Waals surface area contributed by atoms with Crippen LogP contribution < -0.4 is 5.56 Å². The van der Waals surface area contributed by atoms with Crippen LogP contribution in [0.1, 0.15) is 13.8 Å². The van der Waals surface area contributed by atoms with Crippen LogP contribution in [0.2, 0.25) is 0 Å². The van der Waals surface area contributed by atoms with E-state index in [-0.39, 0.29) is 12.1 Å². The monoisotopic (exact) mass is 245 g/mol. The molecular weight excluding hydrogens is 230 g/mol. The number of hydrogen-bond donors (Lipinski definition) is 1. The Morgan fingerprint density at radius 3 is 2.61 bits per heavy atom. The van der Waals surface area contributed by atoms with Crippen molar-refractivity contribution in [3.8, 4) is 0 Å². The predicted molar refractivity (Wildman–Crippen MR) is 69.6 cm³/mol. The summed E-state index contributed by atoms with van der Waals surface area (Å²) < 4.78 is 1.45. The average molecular weight is 245 g/mol. The highest BCUT2D eigenvalue weighted by Crippen LogP contribution is 2.18. The predicted octanol–water partition coefficient (Wildman–Crippen LogP) is 2.11. The minimum absolute atomic E-state index is 0.151.